The number of phenols is 3. The molecule has 0 radical (unpaired) electrons. The van der Waals surface area contributed by atoms with Gasteiger partial charge in [-0.15, -0.1) is 0 Å². The summed E-state index contributed by atoms with van der Waals surface area (Å²) in [4.78, 5) is 10.4. The highest BCUT2D eigenvalue weighted by atomic mass is 16.3. The lowest BCUT2D eigenvalue weighted by Gasteiger charge is -2.02. The molecule has 1 amide bonds. The predicted molar refractivity (Wildman–Crippen MR) is 49.7 cm³/mol. The maximum Gasteiger partial charge on any atom is 0.241 e. The molecule has 0 aliphatic carbocycles. The molecular formula is C9H9NO4. The number of amides is 1. The standard InChI is InChI=1S/C9H9NO4/c10-7(12)4-2-5-1-3-6(11)9(14)8(5)13/h1-4,11,13-14H,(H2,10,12). The number of carbonyl (C=O) groups excluding carboxylic acids is 1. The number of hydrogen-bond donors (Lipinski definition) is 4. The van der Waals surface area contributed by atoms with Crippen LogP contribution in [0.4, 0.5) is 0 Å². The van der Waals surface area contributed by atoms with Gasteiger partial charge in [-0.25, -0.2) is 0 Å². The van der Waals surface area contributed by atoms with Gasteiger partial charge in [0.05, 0.1) is 0 Å². The van der Waals surface area contributed by atoms with E-state index in [1.54, 1.807) is 0 Å². The van der Waals surface area contributed by atoms with Crippen molar-refractivity contribution in [3.05, 3.63) is 23.8 Å². The summed E-state index contributed by atoms with van der Waals surface area (Å²) in [5, 5.41) is 27.4. The van der Waals surface area contributed by atoms with E-state index in [2.05, 4.69) is 0 Å². The molecule has 5 nitrogen and oxygen atoms in total. The lowest BCUT2D eigenvalue weighted by Crippen LogP contribution is -2.05. The topological polar surface area (TPSA) is 104 Å². The summed E-state index contributed by atoms with van der Waals surface area (Å²) in [6, 6.07) is 2.53. The van der Waals surface area contributed by atoms with Crippen molar-refractivity contribution in [2.45, 2.75) is 0 Å². The Morgan fingerprint density at radius 2 is 1.86 bits per heavy atom. The van der Waals surface area contributed by atoms with Crippen molar-refractivity contribution in [2.24, 2.45) is 5.73 Å². The van der Waals surface area contributed by atoms with Gasteiger partial charge in [-0.05, 0) is 18.2 Å². The van der Waals surface area contributed by atoms with Crippen LogP contribution in [0.25, 0.3) is 6.08 Å². The molecule has 0 saturated heterocycles. The van der Waals surface area contributed by atoms with Crippen LogP contribution in [0.5, 0.6) is 17.2 Å². The highest BCUT2D eigenvalue weighted by molar-refractivity contribution is 5.90. The van der Waals surface area contributed by atoms with Crippen LogP contribution in [0.3, 0.4) is 0 Å². The molecule has 5 N–H and O–H groups in total. The molecule has 0 unspecified atom stereocenters. The summed E-state index contributed by atoms with van der Waals surface area (Å²) < 4.78 is 0. The van der Waals surface area contributed by atoms with Crippen molar-refractivity contribution in [3.63, 3.8) is 0 Å². The SMILES string of the molecule is NC(=O)C=Cc1ccc(O)c(O)c1O. The Morgan fingerprint density at radius 3 is 2.43 bits per heavy atom. The van der Waals surface area contributed by atoms with Gasteiger partial charge in [0.25, 0.3) is 0 Å². The van der Waals surface area contributed by atoms with Crippen LogP contribution in [-0.2, 0) is 4.79 Å². The Bertz CT molecular complexity index is 398. The molecular weight excluding hydrogens is 186 g/mol. The summed E-state index contributed by atoms with van der Waals surface area (Å²) in [5.74, 6) is -2.23. The Morgan fingerprint density at radius 1 is 1.21 bits per heavy atom. The Labute approximate surface area is 79.7 Å². The van der Waals surface area contributed by atoms with Gasteiger partial charge in [0, 0.05) is 11.6 Å². The number of nitrogens with two attached hydrogens (primary N) is 1. The molecule has 0 spiro atoms. The molecule has 0 heterocycles. The third kappa shape index (κ3) is 1.95. The molecule has 0 aromatic heterocycles. The van der Waals surface area contributed by atoms with Crippen molar-refractivity contribution >= 4 is 12.0 Å². The second-order valence-electron chi connectivity index (χ2n) is 2.61. The molecule has 1 rings (SSSR count). The van der Waals surface area contributed by atoms with Crippen LogP contribution >= 0.6 is 0 Å². The number of hydrogen-bond acceptors (Lipinski definition) is 4. The van der Waals surface area contributed by atoms with Gasteiger partial charge in [0.15, 0.2) is 11.5 Å². The maximum atomic E-state index is 10.4. The largest absolute Gasteiger partial charge is 0.504 e. The van der Waals surface area contributed by atoms with Crippen molar-refractivity contribution in [1.29, 1.82) is 0 Å². The molecule has 0 aliphatic rings. The van der Waals surface area contributed by atoms with Crippen LogP contribution in [0.2, 0.25) is 0 Å². The smallest absolute Gasteiger partial charge is 0.241 e. The quantitative estimate of drug-likeness (QED) is 0.402. The summed E-state index contributed by atoms with van der Waals surface area (Å²) >= 11 is 0. The van der Waals surface area contributed by atoms with Gasteiger partial charge in [0.2, 0.25) is 11.7 Å². The second kappa shape index (κ2) is 3.69. The molecule has 0 saturated carbocycles. The monoisotopic (exact) mass is 195 g/mol. The van der Waals surface area contributed by atoms with Crippen LogP contribution in [0.1, 0.15) is 5.56 Å². The third-order valence-electron chi connectivity index (χ3n) is 1.59. The molecule has 1 aromatic rings. The molecule has 0 aliphatic heterocycles. The first-order valence-electron chi connectivity index (χ1n) is 3.73. The minimum Gasteiger partial charge on any atom is -0.504 e. The van der Waals surface area contributed by atoms with E-state index in [0.717, 1.165) is 6.08 Å². The minimum atomic E-state index is -0.669. The van der Waals surface area contributed by atoms with E-state index in [1.165, 1.54) is 18.2 Å². The van der Waals surface area contributed by atoms with Gasteiger partial charge < -0.3 is 21.1 Å². The van der Waals surface area contributed by atoms with Gasteiger partial charge in [0.1, 0.15) is 0 Å². The normalized spacial score (nSPS) is 10.6. The number of phenolic OH excluding ortho intramolecular Hbond substituents is 3. The van der Waals surface area contributed by atoms with Crippen molar-refractivity contribution in [3.8, 4) is 17.2 Å². The van der Waals surface area contributed by atoms with Crippen molar-refractivity contribution < 1.29 is 20.1 Å². The predicted octanol–water partition coefficient (Wildman–Crippen LogP) is 0.302. The Hall–Kier alpha value is -2.17. The lowest BCUT2D eigenvalue weighted by atomic mass is 10.1. The van der Waals surface area contributed by atoms with Crippen molar-refractivity contribution in [2.75, 3.05) is 0 Å². The summed E-state index contributed by atoms with van der Waals surface area (Å²) in [6.45, 7) is 0. The summed E-state index contributed by atoms with van der Waals surface area (Å²) in [7, 11) is 0. The van der Waals surface area contributed by atoms with E-state index >= 15 is 0 Å². The van der Waals surface area contributed by atoms with E-state index < -0.39 is 23.2 Å². The average Bonchev–Trinajstić information content (AvgIpc) is 2.13. The lowest BCUT2D eigenvalue weighted by molar-refractivity contribution is -0.113. The number of primary amides is 1. The van der Waals surface area contributed by atoms with E-state index in [1.807, 2.05) is 0 Å². The fourth-order valence-electron chi connectivity index (χ4n) is 0.891. The molecule has 0 bridgehead atoms. The number of aromatic hydroxyl groups is 3. The molecule has 0 fully saturated rings. The fraction of sp³-hybridized carbons (Fsp3) is 0. The zero-order chi connectivity index (χ0) is 10.7. The third-order valence-corrected chi connectivity index (χ3v) is 1.59. The Balaban J connectivity index is 3.12. The van der Waals surface area contributed by atoms with E-state index in [0.29, 0.717) is 0 Å². The van der Waals surface area contributed by atoms with Crippen LogP contribution < -0.4 is 5.73 Å². The highest BCUT2D eigenvalue weighted by Gasteiger charge is 2.08. The van der Waals surface area contributed by atoms with Gasteiger partial charge >= 0.3 is 0 Å². The molecule has 74 valence electrons. The number of carbonyl (C=O) groups is 1. The maximum absolute atomic E-state index is 10.4. The van der Waals surface area contributed by atoms with Crippen LogP contribution in [0, 0.1) is 0 Å². The first-order valence-corrected chi connectivity index (χ1v) is 3.73. The van der Waals surface area contributed by atoms with E-state index in [4.69, 9.17) is 15.9 Å². The molecule has 0 atom stereocenters. The van der Waals surface area contributed by atoms with E-state index in [-0.39, 0.29) is 5.56 Å². The first-order chi connectivity index (χ1) is 6.52. The molecule has 14 heavy (non-hydrogen) atoms. The van der Waals surface area contributed by atoms with Gasteiger partial charge in [-0.2, -0.15) is 0 Å². The molecule has 5 heteroatoms. The first kappa shape index (κ1) is 9.91. The van der Waals surface area contributed by atoms with Gasteiger partial charge in [-0.1, -0.05) is 0 Å². The number of rotatable bonds is 2. The van der Waals surface area contributed by atoms with Gasteiger partial charge in [-0.3, -0.25) is 4.79 Å². The highest BCUT2D eigenvalue weighted by Crippen LogP contribution is 2.37. The molecule has 1 aromatic carbocycles. The number of benzene rings is 1. The second-order valence-corrected chi connectivity index (χ2v) is 2.61. The van der Waals surface area contributed by atoms with Crippen molar-refractivity contribution in [1.82, 2.24) is 0 Å². The zero-order valence-corrected chi connectivity index (χ0v) is 7.14. The summed E-state index contributed by atoms with van der Waals surface area (Å²) in [6.07, 6.45) is 2.27. The summed E-state index contributed by atoms with van der Waals surface area (Å²) in [5.41, 5.74) is 5.03. The minimum absolute atomic E-state index is 0.194. The van der Waals surface area contributed by atoms with Crippen LogP contribution in [-0.4, -0.2) is 21.2 Å². The Kier molecular flexibility index (Phi) is 2.62. The van der Waals surface area contributed by atoms with E-state index in [9.17, 15) is 9.90 Å². The average molecular weight is 195 g/mol. The van der Waals surface area contributed by atoms with Crippen LogP contribution in [0.15, 0.2) is 18.2 Å². The zero-order valence-electron chi connectivity index (χ0n) is 7.14. The fourth-order valence-corrected chi connectivity index (χ4v) is 0.891.